The van der Waals surface area contributed by atoms with Crippen molar-refractivity contribution in [2.24, 2.45) is 0 Å². The van der Waals surface area contributed by atoms with Crippen LogP contribution in [0.3, 0.4) is 0 Å². The van der Waals surface area contributed by atoms with Crippen LogP contribution in [0.4, 0.5) is 11.6 Å². The van der Waals surface area contributed by atoms with E-state index in [1.54, 1.807) is 24.3 Å². The number of aromatic amines is 1. The molecule has 2 aromatic heterocycles. The first kappa shape index (κ1) is 23.1. The molecule has 3 rings (SSSR count). The summed E-state index contributed by atoms with van der Waals surface area (Å²) in [5, 5.41) is 23.3. The SMILES string of the molecule is Nc1nc2ncc(CNc3ccc(CC(=O)NC(CCC(=O)O)C(=O)O)cc3)nc2c(=O)[nH]1. The summed E-state index contributed by atoms with van der Waals surface area (Å²) in [6.07, 6.45) is 0.847. The number of anilines is 2. The molecule has 1 atom stereocenters. The minimum Gasteiger partial charge on any atom is -0.481 e. The number of carbonyl (C=O) groups excluding carboxylic acids is 1. The number of benzene rings is 1. The van der Waals surface area contributed by atoms with Crippen LogP contribution in [0.2, 0.25) is 0 Å². The minimum absolute atomic E-state index is 0.0415. The van der Waals surface area contributed by atoms with Gasteiger partial charge in [-0.1, -0.05) is 12.1 Å². The van der Waals surface area contributed by atoms with Crippen molar-refractivity contribution in [3.63, 3.8) is 0 Å². The smallest absolute Gasteiger partial charge is 0.326 e. The Balaban J connectivity index is 1.56. The summed E-state index contributed by atoms with van der Waals surface area (Å²) in [7, 11) is 0. The number of hydrogen-bond acceptors (Lipinski definition) is 9. The number of H-pyrrole nitrogens is 1. The van der Waals surface area contributed by atoms with Gasteiger partial charge in [-0.25, -0.2) is 14.8 Å². The van der Waals surface area contributed by atoms with Crippen LogP contribution in [0.15, 0.2) is 35.3 Å². The Morgan fingerprint density at radius 3 is 2.52 bits per heavy atom. The van der Waals surface area contributed by atoms with E-state index < -0.39 is 29.4 Å². The predicted octanol–water partition coefficient (Wildman–Crippen LogP) is -0.116. The van der Waals surface area contributed by atoms with Gasteiger partial charge in [0.25, 0.3) is 5.56 Å². The van der Waals surface area contributed by atoms with Gasteiger partial charge >= 0.3 is 11.9 Å². The zero-order valence-electron chi connectivity index (χ0n) is 17.2. The van der Waals surface area contributed by atoms with Crippen molar-refractivity contribution in [2.75, 3.05) is 11.1 Å². The molecule has 1 aromatic carbocycles. The molecule has 13 heteroatoms. The van der Waals surface area contributed by atoms with Gasteiger partial charge in [0.2, 0.25) is 11.9 Å². The summed E-state index contributed by atoms with van der Waals surface area (Å²) in [6, 6.07) is 5.57. The van der Waals surface area contributed by atoms with E-state index in [1.807, 2.05) is 0 Å². The molecule has 33 heavy (non-hydrogen) atoms. The Hall–Kier alpha value is -4.55. The first-order valence-corrected chi connectivity index (χ1v) is 9.79. The highest BCUT2D eigenvalue weighted by molar-refractivity contribution is 5.85. The second-order valence-corrected chi connectivity index (χ2v) is 7.10. The third-order valence-electron chi connectivity index (χ3n) is 4.56. The summed E-state index contributed by atoms with van der Waals surface area (Å²) in [4.78, 5) is 60.5. The number of nitrogens with zero attached hydrogens (tertiary/aromatic N) is 3. The number of aromatic nitrogens is 4. The standard InChI is InChI=1S/C20H21N7O6/c21-20-26-17-16(18(31)27-20)24-12(9-23-17)8-22-11-3-1-10(2-4-11)7-14(28)25-13(19(32)33)5-6-15(29)30/h1-4,9,13,22H,5-8H2,(H,25,28)(H,29,30)(H,32,33)(H3,21,23,26,27,31). The summed E-state index contributed by atoms with van der Waals surface area (Å²) < 4.78 is 0. The second-order valence-electron chi connectivity index (χ2n) is 7.10. The first-order valence-electron chi connectivity index (χ1n) is 9.79. The van der Waals surface area contributed by atoms with Gasteiger partial charge in [-0.2, -0.15) is 4.98 Å². The van der Waals surface area contributed by atoms with Crippen LogP contribution in [0.5, 0.6) is 0 Å². The fraction of sp³-hybridized carbons (Fsp3) is 0.250. The van der Waals surface area contributed by atoms with Gasteiger partial charge in [0, 0.05) is 12.1 Å². The van der Waals surface area contributed by atoms with E-state index in [9.17, 15) is 19.2 Å². The highest BCUT2D eigenvalue weighted by atomic mass is 16.4. The number of fused-ring (bicyclic) bond motifs is 1. The molecule has 0 spiro atoms. The van der Waals surface area contributed by atoms with E-state index in [0.717, 1.165) is 5.69 Å². The lowest BCUT2D eigenvalue weighted by Crippen LogP contribution is -2.41. The molecule has 7 N–H and O–H groups in total. The second kappa shape index (κ2) is 10.2. The van der Waals surface area contributed by atoms with E-state index in [0.29, 0.717) is 11.3 Å². The Morgan fingerprint density at radius 2 is 1.85 bits per heavy atom. The van der Waals surface area contributed by atoms with Crippen LogP contribution in [0.25, 0.3) is 11.2 Å². The average molecular weight is 455 g/mol. The Kier molecular flexibility index (Phi) is 7.13. The fourth-order valence-electron chi connectivity index (χ4n) is 2.95. The molecule has 0 radical (unpaired) electrons. The average Bonchev–Trinajstić information content (AvgIpc) is 2.76. The van der Waals surface area contributed by atoms with Crippen LogP contribution in [0.1, 0.15) is 24.1 Å². The Bertz CT molecular complexity index is 1240. The number of nitrogen functional groups attached to an aromatic ring is 1. The van der Waals surface area contributed by atoms with Crippen LogP contribution in [-0.4, -0.2) is 54.0 Å². The summed E-state index contributed by atoms with van der Waals surface area (Å²) >= 11 is 0. The fourth-order valence-corrected chi connectivity index (χ4v) is 2.95. The molecule has 13 nitrogen and oxygen atoms in total. The van der Waals surface area contributed by atoms with Crippen molar-refractivity contribution >= 4 is 40.6 Å². The molecular formula is C20H21N7O6. The first-order chi connectivity index (χ1) is 15.7. The molecule has 0 aliphatic rings. The maximum atomic E-state index is 12.1. The van der Waals surface area contributed by atoms with Crippen molar-refractivity contribution in [2.45, 2.75) is 31.8 Å². The number of amides is 1. The lowest BCUT2D eigenvalue weighted by molar-refractivity contribution is -0.143. The van der Waals surface area contributed by atoms with Crippen molar-refractivity contribution in [3.05, 3.63) is 52.1 Å². The summed E-state index contributed by atoms with van der Waals surface area (Å²) in [5.41, 5.74) is 7.08. The van der Waals surface area contributed by atoms with Gasteiger partial charge in [0.05, 0.1) is 24.9 Å². The maximum absolute atomic E-state index is 12.1. The molecule has 0 bridgehead atoms. The normalized spacial score (nSPS) is 11.6. The number of aliphatic carboxylic acids is 2. The molecule has 0 fully saturated rings. The summed E-state index contributed by atoms with van der Waals surface area (Å²) in [5.74, 6) is -3.00. The van der Waals surface area contributed by atoms with Crippen molar-refractivity contribution < 1.29 is 24.6 Å². The molecular weight excluding hydrogens is 434 g/mol. The Labute approximate surface area is 186 Å². The molecule has 1 unspecified atom stereocenters. The van der Waals surface area contributed by atoms with Crippen LogP contribution < -0.4 is 21.9 Å². The zero-order valence-corrected chi connectivity index (χ0v) is 17.2. The summed E-state index contributed by atoms with van der Waals surface area (Å²) in [6.45, 7) is 0.274. The lowest BCUT2D eigenvalue weighted by Gasteiger charge is -2.13. The van der Waals surface area contributed by atoms with E-state index in [-0.39, 0.29) is 42.9 Å². The molecule has 0 saturated heterocycles. The highest BCUT2D eigenvalue weighted by Crippen LogP contribution is 2.12. The van der Waals surface area contributed by atoms with E-state index in [4.69, 9.17) is 15.9 Å². The van der Waals surface area contributed by atoms with Gasteiger partial charge in [-0.3, -0.25) is 19.4 Å². The quantitative estimate of drug-likeness (QED) is 0.237. The number of carboxylic acid groups (broad SMARTS) is 2. The Morgan fingerprint density at radius 1 is 1.12 bits per heavy atom. The molecule has 2 heterocycles. The number of hydrogen-bond donors (Lipinski definition) is 6. The van der Waals surface area contributed by atoms with E-state index >= 15 is 0 Å². The van der Waals surface area contributed by atoms with E-state index in [1.165, 1.54) is 6.20 Å². The van der Waals surface area contributed by atoms with Crippen molar-refractivity contribution in [1.82, 2.24) is 25.3 Å². The number of carbonyl (C=O) groups is 3. The van der Waals surface area contributed by atoms with Crippen LogP contribution >= 0.6 is 0 Å². The van der Waals surface area contributed by atoms with Crippen LogP contribution in [0, 0.1) is 0 Å². The number of nitrogens with one attached hydrogen (secondary N) is 3. The third kappa shape index (κ3) is 6.46. The van der Waals surface area contributed by atoms with Crippen LogP contribution in [-0.2, 0) is 27.3 Å². The maximum Gasteiger partial charge on any atom is 0.326 e. The van der Waals surface area contributed by atoms with Gasteiger partial charge in [-0.15, -0.1) is 0 Å². The number of rotatable bonds is 10. The molecule has 3 aromatic rings. The van der Waals surface area contributed by atoms with E-state index in [2.05, 4.69) is 30.6 Å². The van der Waals surface area contributed by atoms with Crippen molar-refractivity contribution in [3.8, 4) is 0 Å². The predicted molar refractivity (Wildman–Crippen MR) is 116 cm³/mol. The van der Waals surface area contributed by atoms with Gasteiger partial charge in [0.1, 0.15) is 6.04 Å². The molecule has 0 saturated carbocycles. The molecule has 172 valence electrons. The lowest BCUT2D eigenvalue weighted by atomic mass is 10.1. The van der Waals surface area contributed by atoms with Gasteiger partial charge in [-0.05, 0) is 24.1 Å². The highest BCUT2D eigenvalue weighted by Gasteiger charge is 2.21. The van der Waals surface area contributed by atoms with Gasteiger partial charge < -0.3 is 26.6 Å². The topological polar surface area (TPSA) is 213 Å². The molecule has 1 amide bonds. The molecule has 0 aliphatic heterocycles. The van der Waals surface area contributed by atoms with Crippen molar-refractivity contribution in [1.29, 1.82) is 0 Å². The molecule has 0 aliphatic carbocycles. The zero-order chi connectivity index (χ0) is 24.0. The largest absolute Gasteiger partial charge is 0.481 e. The number of carboxylic acids is 2. The number of nitrogens with two attached hydrogens (primary N) is 1. The minimum atomic E-state index is -1.29. The monoisotopic (exact) mass is 455 g/mol. The van der Waals surface area contributed by atoms with Gasteiger partial charge in [0.15, 0.2) is 11.2 Å². The third-order valence-corrected chi connectivity index (χ3v) is 4.56.